The summed E-state index contributed by atoms with van der Waals surface area (Å²) >= 11 is 0. The van der Waals surface area contributed by atoms with E-state index in [1.165, 1.54) is 0 Å². The van der Waals surface area contributed by atoms with Gasteiger partial charge in [-0.05, 0) is 6.08 Å². The largest absolute Gasteiger partial charge is 0.479 e. The number of hydrogen-bond acceptors (Lipinski definition) is 3. The van der Waals surface area contributed by atoms with Crippen molar-refractivity contribution in [3.05, 3.63) is 12.7 Å². The van der Waals surface area contributed by atoms with Gasteiger partial charge in [-0.3, -0.25) is 0 Å². The van der Waals surface area contributed by atoms with Gasteiger partial charge in [0.05, 0.1) is 6.61 Å². The van der Waals surface area contributed by atoms with Gasteiger partial charge in [-0.25, -0.2) is 4.79 Å². The fraction of sp³-hybridized carbons (Fsp3) is 0.400. The summed E-state index contributed by atoms with van der Waals surface area (Å²) in [7, 11) is 0. The minimum Gasteiger partial charge on any atom is -0.479 e. The third kappa shape index (κ3) is 1.51. The van der Waals surface area contributed by atoms with Crippen molar-refractivity contribution in [2.75, 3.05) is 6.61 Å². The predicted octanol–water partition coefficient (Wildman–Crippen LogP) is -1.02. The van der Waals surface area contributed by atoms with Crippen molar-refractivity contribution in [2.24, 2.45) is 0 Å². The molecule has 0 aliphatic carbocycles. The summed E-state index contributed by atoms with van der Waals surface area (Å²) in [5.74, 6) is -1.50. The zero-order chi connectivity index (χ0) is 7.49. The van der Waals surface area contributed by atoms with Crippen LogP contribution in [0.2, 0.25) is 0 Å². The molecule has 0 amide bonds. The number of rotatable bonds is 3. The van der Waals surface area contributed by atoms with Gasteiger partial charge in [0.2, 0.25) is 5.60 Å². The first-order valence-electron chi connectivity index (χ1n) is 2.27. The molecule has 0 aliphatic rings. The third-order valence-electron chi connectivity index (χ3n) is 0.949. The summed E-state index contributed by atoms with van der Waals surface area (Å²) in [4.78, 5) is 10.0. The molecule has 4 heteroatoms. The second kappa shape index (κ2) is 2.61. The fourth-order valence-corrected chi connectivity index (χ4v) is 0.219. The quantitative estimate of drug-likeness (QED) is 0.429. The number of aliphatic hydroxyl groups is 2. The van der Waals surface area contributed by atoms with Crippen molar-refractivity contribution in [1.82, 2.24) is 0 Å². The standard InChI is InChI=1S/C5H8O4/c1-2-5(9,3-6)4(7)8/h2,6,9H,1,3H2,(H,7,8). The van der Waals surface area contributed by atoms with E-state index in [2.05, 4.69) is 6.58 Å². The molecule has 0 aromatic rings. The van der Waals surface area contributed by atoms with Gasteiger partial charge in [-0.1, -0.05) is 6.58 Å². The highest BCUT2D eigenvalue weighted by Crippen LogP contribution is 2.03. The van der Waals surface area contributed by atoms with Crippen LogP contribution in [0, 0.1) is 0 Å². The first kappa shape index (κ1) is 8.13. The van der Waals surface area contributed by atoms with E-state index in [9.17, 15) is 4.79 Å². The molecule has 0 radical (unpaired) electrons. The van der Waals surface area contributed by atoms with Gasteiger partial charge in [0.25, 0.3) is 0 Å². The van der Waals surface area contributed by atoms with E-state index in [0.29, 0.717) is 0 Å². The smallest absolute Gasteiger partial charge is 0.342 e. The molecule has 0 aromatic heterocycles. The van der Waals surface area contributed by atoms with Gasteiger partial charge in [0, 0.05) is 0 Å². The Labute approximate surface area is 52.1 Å². The van der Waals surface area contributed by atoms with Crippen LogP contribution < -0.4 is 0 Å². The first-order chi connectivity index (χ1) is 4.06. The van der Waals surface area contributed by atoms with Gasteiger partial charge in [0.1, 0.15) is 0 Å². The van der Waals surface area contributed by atoms with Crippen LogP contribution in [0.1, 0.15) is 0 Å². The molecule has 0 rings (SSSR count). The van der Waals surface area contributed by atoms with E-state index >= 15 is 0 Å². The highest BCUT2D eigenvalue weighted by Gasteiger charge is 2.30. The van der Waals surface area contributed by atoms with Gasteiger partial charge >= 0.3 is 5.97 Å². The van der Waals surface area contributed by atoms with Crippen molar-refractivity contribution in [3.63, 3.8) is 0 Å². The van der Waals surface area contributed by atoms with E-state index in [1.54, 1.807) is 0 Å². The van der Waals surface area contributed by atoms with Crippen LogP contribution in [0.5, 0.6) is 0 Å². The van der Waals surface area contributed by atoms with Crippen molar-refractivity contribution >= 4 is 5.97 Å². The average Bonchev–Trinajstić information content (AvgIpc) is 1.86. The Hall–Kier alpha value is -0.870. The second-order valence-electron chi connectivity index (χ2n) is 1.59. The van der Waals surface area contributed by atoms with E-state index in [1.807, 2.05) is 0 Å². The molecule has 0 fully saturated rings. The van der Waals surface area contributed by atoms with E-state index < -0.39 is 18.2 Å². The van der Waals surface area contributed by atoms with Gasteiger partial charge in [-0.15, -0.1) is 0 Å². The van der Waals surface area contributed by atoms with E-state index in [4.69, 9.17) is 15.3 Å². The van der Waals surface area contributed by atoms with E-state index in [0.717, 1.165) is 6.08 Å². The maximum absolute atomic E-state index is 10.0. The summed E-state index contributed by atoms with van der Waals surface area (Å²) in [6, 6.07) is 0. The van der Waals surface area contributed by atoms with Crippen molar-refractivity contribution in [2.45, 2.75) is 5.60 Å². The molecule has 1 atom stereocenters. The zero-order valence-corrected chi connectivity index (χ0v) is 4.74. The Morgan fingerprint density at radius 2 is 2.22 bits per heavy atom. The lowest BCUT2D eigenvalue weighted by molar-refractivity contribution is -0.156. The Bertz CT molecular complexity index is 131. The summed E-state index contributed by atoms with van der Waals surface area (Å²) in [6.45, 7) is 2.18. The van der Waals surface area contributed by atoms with Crippen LogP contribution >= 0.6 is 0 Å². The normalized spacial score (nSPS) is 16.2. The molecule has 0 saturated heterocycles. The highest BCUT2D eigenvalue weighted by molar-refractivity contribution is 5.79. The average molecular weight is 132 g/mol. The zero-order valence-electron chi connectivity index (χ0n) is 4.74. The van der Waals surface area contributed by atoms with Crippen LogP contribution in [-0.2, 0) is 4.79 Å². The van der Waals surface area contributed by atoms with E-state index in [-0.39, 0.29) is 0 Å². The van der Waals surface area contributed by atoms with Gasteiger partial charge in [0.15, 0.2) is 0 Å². The van der Waals surface area contributed by atoms with Crippen LogP contribution in [0.25, 0.3) is 0 Å². The second-order valence-corrected chi connectivity index (χ2v) is 1.59. The highest BCUT2D eigenvalue weighted by atomic mass is 16.4. The number of aliphatic hydroxyl groups excluding tert-OH is 1. The summed E-state index contributed by atoms with van der Waals surface area (Å²) in [5, 5.41) is 25.1. The number of aliphatic carboxylic acids is 1. The molecule has 9 heavy (non-hydrogen) atoms. The fourth-order valence-electron chi connectivity index (χ4n) is 0.219. The molecule has 0 spiro atoms. The molecule has 0 bridgehead atoms. The molecular weight excluding hydrogens is 124 g/mol. The lowest BCUT2D eigenvalue weighted by Gasteiger charge is -2.13. The molecule has 0 saturated carbocycles. The molecule has 0 heterocycles. The lowest BCUT2D eigenvalue weighted by atomic mass is 10.1. The Balaban J connectivity index is 4.27. The first-order valence-corrected chi connectivity index (χ1v) is 2.27. The third-order valence-corrected chi connectivity index (χ3v) is 0.949. The topological polar surface area (TPSA) is 77.8 Å². The van der Waals surface area contributed by atoms with Crippen molar-refractivity contribution in [1.29, 1.82) is 0 Å². The Morgan fingerprint density at radius 1 is 1.78 bits per heavy atom. The molecule has 1 unspecified atom stereocenters. The van der Waals surface area contributed by atoms with Gasteiger partial charge in [-0.2, -0.15) is 0 Å². The minimum absolute atomic E-state index is 0.773. The van der Waals surface area contributed by atoms with Crippen LogP contribution in [0.15, 0.2) is 12.7 Å². The summed E-state index contributed by atoms with van der Waals surface area (Å²) < 4.78 is 0. The van der Waals surface area contributed by atoms with Crippen molar-refractivity contribution in [3.8, 4) is 0 Å². The lowest BCUT2D eigenvalue weighted by Crippen LogP contribution is -2.39. The van der Waals surface area contributed by atoms with Crippen molar-refractivity contribution < 1.29 is 20.1 Å². The molecule has 52 valence electrons. The van der Waals surface area contributed by atoms with Crippen LogP contribution in [-0.4, -0.2) is 33.5 Å². The maximum Gasteiger partial charge on any atom is 0.342 e. The number of hydrogen-bond donors (Lipinski definition) is 3. The predicted molar refractivity (Wildman–Crippen MR) is 29.9 cm³/mol. The van der Waals surface area contributed by atoms with Gasteiger partial charge < -0.3 is 15.3 Å². The Morgan fingerprint density at radius 3 is 2.22 bits per heavy atom. The molecular formula is C5H8O4. The summed E-state index contributed by atoms with van der Waals surface area (Å²) in [6.07, 6.45) is 0.773. The number of carboxylic acid groups (broad SMARTS) is 1. The summed E-state index contributed by atoms with van der Waals surface area (Å²) in [5.41, 5.74) is -2.18. The van der Waals surface area contributed by atoms with Crippen LogP contribution in [0.4, 0.5) is 0 Å². The molecule has 0 aromatic carbocycles. The number of carbonyl (C=O) groups is 1. The monoisotopic (exact) mass is 132 g/mol. The maximum atomic E-state index is 10.0. The van der Waals surface area contributed by atoms with Crippen LogP contribution in [0.3, 0.4) is 0 Å². The SMILES string of the molecule is C=CC(O)(CO)C(=O)O. The molecule has 3 N–H and O–H groups in total. The minimum atomic E-state index is -2.18. The molecule has 4 nitrogen and oxygen atoms in total. The Kier molecular flexibility index (Phi) is 2.36. The number of carboxylic acids is 1. The molecule has 0 aliphatic heterocycles.